The van der Waals surface area contributed by atoms with Crippen LogP contribution in [0.1, 0.15) is 24.5 Å². The van der Waals surface area contributed by atoms with E-state index < -0.39 is 0 Å². The van der Waals surface area contributed by atoms with Crippen molar-refractivity contribution in [3.8, 4) is 17.0 Å². The molecule has 0 spiro atoms. The standard InChI is InChI=1S/C15H18N2O2/c1-4-9-19-13-8-6-5-7-12(13)14-10(2)11(3)15(18)17-16-14/h5-8H,4,9H2,1-3H3,(H,17,18). The Morgan fingerprint density at radius 2 is 1.95 bits per heavy atom. The van der Waals surface area contributed by atoms with Crippen LogP contribution in [0.3, 0.4) is 0 Å². The number of aromatic nitrogens is 2. The van der Waals surface area contributed by atoms with E-state index in [-0.39, 0.29) is 5.56 Å². The molecule has 100 valence electrons. The van der Waals surface area contributed by atoms with Crippen molar-refractivity contribution < 1.29 is 4.74 Å². The Hall–Kier alpha value is -2.10. The van der Waals surface area contributed by atoms with E-state index in [1.165, 1.54) is 0 Å². The lowest BCUT2D eigenvalue weighted by Gasteiger charge is -2.12. The molecular formula is C15H18N2O2. The van der Waals surface area contributed by atoms with E-state index in [2.05, 4.69) is 17.1 Å². The molecule has 0 saturated heterocycles. The molecule has 0 amide bonds. The van der Waals surface area contributed by atoms with Crippen LogP contribution >= 0.6 is 0 Å². The molecular weight excluding hydrogens is 240 g/mol. The smallest absolute Gasteiger partial charge is 0.267 e. The van der Waals surface area contributed by atoms with Crippen molar-refractivity contribution in [3.05, 3.63) is 45.7 Å². The predicted molar refractivity (Wildman–Crippen MR) is 75.6 cm³/mol. The minimum atomic E-state index is -0.145. The molecule has 0 saturated carbocycles. The lowest BCUT2D eigenvalue weighted by Crippen LogP contribution is -2.14. The van der Waals surface area contributed by atoms with Crippen LogP contribution in [0, 0.1) is 13.8 Å². The maximum atomic E-state index is 11.5. The quantitative estimate of drug-likeness (QED) is 0.917. The van der Waals surface area contributed by atoms with Gasteiger partial charge in [-0.1, -0.05) is 19.1 Å². The van der Waals surface area contributed by atoms with E-state index in [0.29, 0.717) is 12.2 Å². The number of hydrogen-bond donors (Lipinski definition) is 1. The van der Waals surface area contributed by atoms with E-state index in [1.807, 2.05) is 31.2 Å². The molecule has 1 N–H and O–H groups in total. The second-order valence-electron chi connectivity index (χ2n) is 4.50. The summed E-state index contributed by atoms with van der Waals surface area (Å²) in [6, 6.07) is 7.75. The van der Waals surface area contributed by atoms with E-state index >= 15 is 0 Å². The normalized spacial score (nSPS) is 10.5. The molecule has 19 heavy (non-hydrogen) atoms. The largest absolute Gasteiger partial charge is 0.493 e. The molecule has 0 radical (unpaired) electrons. The molecule has 0 aliphatic heterocycles. The van der Waals surface area contributed by atoms with Crippen molar-refractivity contribution in [3.63, 3.8) is 0 Å². The highest BCUT2D eigenvalue weighted by Gasteiger charge is 2.12. The first-order chi connectivity index (χ1) is 9.15. The van der Waals surface area contributed by atoms with Crippen LogP contribution in [0.25, 0.3) is 11.3 Å². The number of H-pyrrole nitrogens is 1. The topological polar surface area (TPSA) is 55.0 Å². The van der Waals surface area contributed by atoms with Crippen molar-refractivity contribution in [2.24, 2.45) is 0 Å². The van der Waals surface area contributed by atoms with Gasteiger partial charge in [-0.15, -0.1) is 0 Å². The first-order valence-electron chi connectivity index (χ1n) is 6.43. The summed E-state index contributed by atoms with van der Waals surface area (Å²) < 4.78 is 5.73. The van der Waals surface area contributed by atoms with Gasteiger partial charge in [0.05, 0.1) is 12.3 Å². The molecule has 0 bridgehead atoms. The minimum absolute atomic E-state index is 0.145. The van der Waals surface area contributed by atoms with Gasteiger partial charge in [0.15, 0.2) is 0 Å². The summed E-state index contributed by atoms with van der Waals surface area (Å²) in [5.41, 5.74) is 3.11. The highest BCUT2D eigenvalue weighted by atomic mass is 16.5. The maximum Gasteiger partial charge on any atom is 0.267 e. The van der Waals surface area contributed by atoms with Gasteiger partial charge in [-0.3, -0.25) is 4.79 Å². The molecule has 0 unspecified atom stereocenters. The fraction of sp³-hybridized carbons (Fsp3) is 0.333. The van der Waals surface area contributed by atoms with E-state index in [9.17, 15) is 4.79 Å². The Morgan fingerprint density at radius 3 is 2.68 bits per heavy atom. The summed E-state index contributed by atoms with van der Waals surface area (Å²) in [4.78, 5) is 11.5. The zero-order valence-corrected chi connectivity index (χ0v) is 11.5. The summed E-state index contributed by atoms with van der Waals surface area (Å²) in [7, 11) is 0. The second kappa shape index (κ2) is 5.69. The highest BCUT2D eigenvalue weighted by Crippen LogP contribution is 2.30. The van der Waals surface area contributed by atoms with Gasteiger partial charge in [0, 0.05) is 11.1 Å². The van der Waals surface area contributed by atoms with Crippen LogP contribution in [0.4, 0.5) is 0 Å². The van der Waals surface area contributed by atoms with Gasteiger partial charge < -0.3 is 4.74 Å². The number of aromatic amines is 1. The first kappa shape index (κ1) is 13.3. The van der Waals surface area contributed by atoms with Crippen molar-refractivity contribution in [1.29, 1.82) is 0 Å². The summed E-state index contributed by atoms with van der Waals surface area (Å²) in [5, 5.41) is 6.69. The van der Waals surface area contributed by atoms with E-state index in [1.54, 1.807) is 6.92 Å². The number of rotatable bonds is 4. The van der Waals surface area contributed by atoms with E-state index in [4.69, 9.17) is 4.74 Å². The van der Waals surface area contributed by atoms with Gasteiger partial charge in [-0.2, -0.15) is 5.10 Å². The molecule has 0 aliphatic rings. The first-order valence-corrected chi connectivity index (χ1v) is 6.43. The number of nitrogens with one attached hydrogen (secondary N) is 1. The molecule has 1 aromatic carbocycles. The summed E-state index contributed by atoms with van der Waals surface area (Å²) in [5.74, 6) is 0.798. The van der Waals surface area contributed by atoms with Crippen LogP contribution in [-0.4, -0.2) is 16.8 Å². The number of para-hydroxylation sites is 1. The summed E-state index contributed by atoms with van der Waals surface area (Å²) in [6.45, 7) is 6.44. The third kappa shape index (κ3) is 2.67. The van der Waals surface area contributed by atoms with Gasteiger partial charge in [0.25, 0.3) is 5.56 Å². The van der Waals surface area contributed by atoms with Crippen molar-refractivity contribution >= 4 is 0 Å². The average molecular weight is 258 g/mol. The van der Waals surface area contributed by atoms with Gasteiger partial charge in [-0.05, 0) is 38.0 Å². The fourth-order valence-corrected chi connectivity index (χ4v) is 1.88. The van der Waals surface area contributed by atoms with Crippen LogP contribution in [0.5, 0.6) is 5.75 Å². The SMILES string of the molecule is CCCOc1ccccc1-c1n[nH]c(=O)c(C)c1C. The summed E-state index contributed by atoms with van der Waals surface area (Å²) in [6.07, 6.45) is 0.950. The zero-order valence-electron chi connectivity index (χ0n) is 11.5. The van der Waals surface area contributed by atoms with Gasteiger partial charge in [0.1, 0.15) is 5.75 Å². The Morgan fingerprint density at radius 1 is 1.21 bits per heavy atom. The van der Waals surface area contributed by atoms with Crippen LogP contribution < -0.4 is 10.3 Å². The average Bonchev–Trinajstić information content (AvgIpc) is 2.43. The Balaban J connectivity index is 2.53. The van der Waals surface area contributed by atoms with Gasteiger partial charge in [0.2, 0.25) is 0 Å². The monoisotopic (exact) mass is 258 g/mol. The van der Waals surface area contributed by atoms with Crippen LogP contribution in [0.2, 0.25) is 0 Å². The van der Waals surface area contributed by atoms with E-state index in [0.717, 1.165) is 29.0 Å². The van der Waals surface area contributed by atoms with Crippen molar-refractivity contribution in [2.45, 2.75) is 27.2 Å². The summed E-state index contributed by atoms with van der Waals surface area (Å²) >= 11 is 0. The van der Waals surface area contributed by atoms with Gasteiger partial charge >= 0.3 is 0 Å². The molecule has 0 atom stereocenters. The molecule has 2 rings (SSSR count). The Labute approximate surface area is 112 Å². The third-order valence-electron chi connectivity index (χ3n) is 3.13. The fourth-order valence-electron chi connectivity index (χ4n) is 1.88. The second-order valence-corrected chi connectivity index (χ2v) is 4.50. The van der Waals surface area contributed by atoms with Crippen LogP contribution in [0.15, 0.2) is 29.1 Å². The molecule has 0 aliphatic carbocycles. The number of ether oxygens (including phenoxy) is 1. The molecule has 4 heteroatoms. The number of benzene rings is 1. The molecule has 1 aromatic heterocycles. The number of hydrogen-bond acceptors (Lipinski definition) is 3. The highest BCUT2D eigenvalue weighted by molar-refractivity contribution is 5.70. The minimum Gasteiger partial charge on any atom is -0.493 e. The van der Waals surface area contributed by atoms with Crippen molar-refractivity contribution in [1.82, 2.24) is 10.2 Å². The molecule has 2 aromatic rings. The lowest BCUT2D eigenvalue weighted by atomic mass is 10.0. The molecule has 1 heterocycles. The van der Waals surface area contributed by atoms with Gasteiger partial charge in [-0.25, -0.2) is 5.10 Å². The lowest BCUT2D eigenvalue weighted by molar-refractivity contribution is 0.318. The Kier molecular flexibility index (Phi) is 4.00. The molecule has 4 nitrogen and oxygen atoms in total. The maximum absolute atomic E-state index is 11.5. The predicted octanol–water partition coefficient (Wildman–Crippen LogP) is 2.84. The van der Waals surface area contributed by atoms with Crippen molar-refractivity contribution in [2.75, 3.05) is 6.61 Å². The Bertz CT molecular complexity index is 632. The molecule has 0 fully saturated rings. The zero-order chi connectivity index (χ0) is 13.8. The van der Waals surface area contributed by atoms with Crippen LogP contribution in [-0.2, 0) is 0 Å². The third-order valence-corrected chi connectivity index (χ3v) is 3.13. The number of nitrogens with zero attached hydrogens (tertiary/aromatic N) is 1.